The Morgan fingerprint density at radius 3 is 2.43 bits per heavy atom. The van der Waals surface area contributed by atoms with Gasteiger partial charge in [0.05, 0.1) is 13.2 Å². The fourth-order valence-corrected chi connectivity index (χ4v) is 1.65. The van der Waals surface area contributed by atoms with Gasteiger partial charge in [0, 0.05) is 17.9 Å². The number of amides is 1. The number of hydrogen-bond acceptors (Lipinski definition) is 4. The minimum atomic E-state index is -0.207. The number of carbonyl (C=O) groups is 1. The summed E-state index contributed by atoms with van der Waals surface area (Å²) >= 11 is 4.86. The van der Waals surface area contributed by atoms with Crippen molar-refractivity contribution >= 4 is 28.8 Å². The minimum Gasteiger partial charge on any atom is -0.389 e. The van der Waals surface area contributed by atoms with Crippen molar-refractivity contribution < 1.29 is 14.3 Å². The smallest absolute Gasteiger partial charge is 0.250 e. The Kier molecular flexibility index (Phi) is 7.89. The Bertz CT molecular complexity index is 460. The third-order valence-corrected chi connectivity index (χ3v) is 2.75. The molecule has 21 heavy (non-hydrogen) atoms. The molecular formula is C15H22N2O3S. The van der Waals surface area contributed by atoms with Gasteiger partial charge in [-0.05, 0) is 30.2 Å². The molecule has 0 fully saturated rings. The molecule has 6 heteroatoms. The zero-order chi connectivity index (χ0) is 15.7. The van der Waals surface area contributed by atoms with Crippen molar-refractivity contribution in [2.24, 2.45) is 11.7 Å². The molecular weight excluding hydrogens is 288 g/mol. The average molecular weight is 310 g/mol. The lowest BCUT2D eigenvalue weighted by atomic mass is 10.2. The predicted molar refractivity (Wildman–Crippen MR) is 87.4 cm³/mol. The number of carbonyl (C=O) groups excluding carboxylic acids is 1. The topological polar surface area (TPSA) is 73.6 Å². The van der Waals surface area contributed by atoms with Gasteiger partial charge in [0.1, 0.15) is 11.6 Å². The van der Waals surface area contributed by atoms with E-state index < -0.39 is 0 Å². The minimum absolute atomic E-state index is 0.00207. The van der Waals surface area contributed by atoms with Crippen LogP contribution in [-0.2, 0) is 14.3 Å². The van der Waals surface area contributed by atoms with Crippen molar-refractivity contribution in [3.8, 4) is 0 Å². The van der Waals surface area contributed by atoms with Crippen molar-refractivity contribution in [3.05, 3.63) is 29.8 Å². The van der Waals surface area contributed by atoms with Crippen molar-refractivity contribution in [2.45, 2.75) is 13.8 Å². The quantitative estimate of drug-likeness (QED) is 0.539. The monoisotopic (exact) mass is 310 g/mol. The van der Waals surface area contributed by atoms with E-state index in [4.69, 9.17) is 27.4 Å². The van der Waals surface area contributed by atoms with Crippen LogP contribution in [0.5, 0.6) is 0 Å². The van der Waals surface area contributed by atoms with E-state index in [1.54, 1.807) is 24.3 Å². The molecule has 116 valence electrons. The summed E-state index contributed by atoms with van der Waals surface area (Å²) in [5, 5.41) is 2.73. The summed E-state index contributed by atoms with van der Waals surface area (Å²) < 4.78 is 10.6. The lowest BCUT2D eigenvalue weighted by Crippen LogP contribution is -2.20. The van der Waals surface area contributed by atoms with Gasteiger partial charge in [-0.2, -0.15) is 0 Å². The first-order valence-electron chi connectivity index (χ1n) is 6.84. The second kappa shape index (κ2) is 9.44. The molecule has 0 saturated carbocycles. The summed E-state index contributed by atoms with van der Waals surface area (Å²) in [4.78, 5) is 12.0. The van der Waals surface area contributed by atoms with Crippen LogP contribution in [0.1, 0.15) is 19.4 Å². The second-order valence-electron chi connectivity index (χ2n) is 5.01. The van der Waals surface area contributed by atoms with Crippen LogP contribution in [0, 0.1) is 5.92 Å². The Balaban J connectivity index is 2.20. The predicted octanol–water partition coefficient (Wildman–Crippen LogP) is 1.95. The van der Waals surface area contributed by atoms with Crippen molar-refractivity contribution in [1.29, 1.82) is 0 Å². The van der Waals surface area contributed by atoms with Crippen LogP contribution in [0.2, 0.25) is 0 Å². The van der Waals surface area contributed by atoms with E-state index in [0.29, 0.717) is 36.4 Å². The van der Waals surface area contributed by atoms with E-state index in [1.165, 1.54) is 0 Å². The molecule has 0 unspecified atom stereocenters. The van der Waals surface area contributed by atoms with E-state index >= 15 is 0 Å². The van der Waals surface area contributed by atoms with Gasteiger partial charge in [0.2, 0.25) is 5.91 Å². The number of anilines is 1. The molecule has 0 saturated heterocycles. The first kappa shape index (κ1) is 17.6. The molecule has 0 aliphatic carbocycles. The van der Waals surface area contributed by atoms with Crippen LogP contribution < -0.4 is 11.1 Å². The second-order valence-corrected chi connectivity index (χ2v) is 5.45. The standard InChI is InChI=1S/C15H22N2O3S/c1-11(2)9-19-7-8-20-10-14(18)17-13-5-3-12(4-6-13)15(16)21/h3-6,11H,7-10H2,1-2H3,(H2,16,21)(H,17,18). The summed E-state index contributed by atoms with van der Waals surface area (Å²) in [5.41, 5.74) is 6.95. The van der Waals surface area contributed by atoms with Gasteiger partial charge >= 0.3 is 0 Å². The lowest BCUT2D eigenvalue weighted by molar-refractivity contribution is -0.121. The van der Waals surface area contributed by atoms with Crippen LogP contribution in [0.25, 0.3) is 0 Å². The summed E-state index contributed by atoms with van der Waals surface area (Å²) in [6.45, 7) is 5.76. The first-order valence-corrected chi connectivity index (χ1v) is 7.25. The van der Waals surface area contributed by atoms with Gasteiger partial charge in [-0.25, -0.2) is 0 Å². The molecule has 0 atom stereocenters. The van der Waals surface area contributed by atoms with E-state index in [-0.39, 0.29) is 12.5 Å². The number of nitrogens with two attached hydrogens (primary N) is 1. The van der Waals surface area contributed by atoms with Crippen molar-refractivity contribution in [1.82, 2.24) is 0 Å². The number of benzene rings is 1. The molecule has 1 amide bonds. The summed E-state index contributed by atoms with van der Waals surface area (Å²) in [7, 11) is 0. The lowest BCUT2D eigenvalue weighted by Gasteiger charge is -2.08. The van der Waals surface area contributed by atoms with Crippen LogP contribution in [0.4, 0.5) is 5.69 Å². The molecule has 0 aromatic heterocycles. The molecule has 0 radical (unpaired) electrons. The molecule has 0 aliphatic heterocycles. The molecule has 1 rings (SSSR count). The largest absolute Gasteiger partial charge is 0.389 e. The van der Waals surface area contributed by atoms with Crippen LogP contribution >= 0.6 is 12.2 Å². The molecule has 0 aliphatic rings. The molecule has 0 spiro atoms. The highest BCUT2D eigenvalue weighted by atomic mass is 32.1. The van der Waals surface area contributed by atoms with E-state index in [9.17, 15) is 4.79 Å². The fourth-order valence-electron chi connectivity index (χ4n) is 1.52. The Morgan fingerprint density at radius 2 is 1.86 bits per heavy atom. The van der Waals surface area contributed by atoms with Crippen molar-refractivity contribution in [2.75, 3.05) is 31.7 Å². The van der Waals surface area contributed by atoms with Gasteiger partial charge in [-0.3, -0.25) is 4.79 Å². The number of rotatable bonds is 9. The molecule has 0 bridgehead atoms. The Morgan fingerprint density at radius 1 is 1.24 bits per heavy atom. The molecule has 3 N–H and O–H groups in total. The van der Waals surface area contributed by atoms with Crippen LogP contribution in [0.15, 0.2) is 24.3 Å². The fraction of sp³-hybridized carbons (Fsp3) is 0.467. The normalized spacial score (nSPS) is 10.6. The summed E-state index contributed by atoms with van der Waals surface area (Å²) in [5.74, 6) is 0.291. The highest BCUT2D eigenvalue weighted by molar-refractivity contribution is 7.80. The van der Waals surface area contributed by atoms with E-state index in [0.717, 1.165) is 5.56 Å². The van der Waals surface area contributed by atoms with Gasteiger partial charge in [0.15, 0.2) is 0 Å². The third kappa shape index (κ3) is 7.75. The van der Waals surface area contributed by atoms with Gasteiger partial charge in [-0.1, -0.05) is 26.1 Å². The maximum atomic E-state index is 11.6. The molecule has 1 aromatic carbocycles. The zero-order valence-corrected chi connectivity index (χ0v) is 13.2. The van der Waals surface area contributed by atoms with Crippen molar-refractivity contribution in [3.63, 3.8) is 0 Å². The van der Waals surface area contributed by atoms with Crippen LogP contribution in [-0.4, -0.2) is 37.3 Å². The summed E-state index contributed by atoms with van der Waals surface area (Å²) in [6, 6.07) is 7.02. The first-order chi connectivity index (χ1) is 9.99. The molecule has 5 nitrogen and oxygen atoms in total. The number of ether oxygens (including phenoxy) is 2. The van der Waals surface area contributed by atoms with Crippen LogP contribution in [0.3, 0.4) is 0 Å². The van der Waals surface area contributed by atoms with Gasteiger partial charge in [0.25, 0.3) is 0 Å². The maximum absolute atomic E-state index is 11.6. The highest BCUT2D eigenvalue weighted by Gasteiger charge is 2.03. The van der Waals surface area contributed by atoms with E-state index in [2.05, 4.69) is 19.2 Å². The molecule has 0 heterocycles. The van der Waals surface area contributed by atoms with Gasteiger partial charge < -0.3 is 20.5 Å². The highest BCUT2D eigenvalue weighted by Crippen LogP contribution is 2.09. The Hall–Kier alpha value is -1.50. The SMILES string of the molecule is CC(C)COCCOCC(=O)Nc1ccc(C(N)=S)cc1. The maximum Gasteiger partial charge on any atom is 0.250 e. The summed E-state index contributed by atoms with van der Waals surface area (Å²) in [6.07, 6.45) is 0. The number of hydrogen-bond donors (Lipinski definition) is 2. The average Bonchev–Trinajstić information content (AvgIpc) is 2.43. The zero-order valence-electron chi connectivity index (χ0n) is 12.4. The van der Waals surface area contributed by atoms with E-state index in [1.807, 2.05) is 0 Å². The Labute approximate surface area is 130 Å². The number of nitrogens with one attached hydrogen (secondary N) is 1. The van der Waals surface area contributed by atoms with Gasteiger partial charge in [-0.15, -0.1) is 0 Å². The number of thiocarbonyl (C=S) groups is 1. The molecule has 1 aromatic rings. The third-order valence-electron chi connectivity index (χ3n) is 2.51.